The van der Waals surface area contributed by atoms with Crippen LogP contribution in [0.15, 0.2) is 72.8 Å². The number of para-hydroxylation sites is 1. The Morgan fingerprint density at radius 3 is 2.08 bits per heavy atom. The number of hydrogen-bond acceptors (Lipinski definition) is 5. The third kappa shape index (κ3) is 7.26. The van der Waals surface area contributed by atoms with Crippen LogP contribution in [0.4, 0.5) is 20.0 Å². The van der Waals surface area contributed by atoms with Gasteiger partial charge in [-0.2, -0.15) is 0 Å². The van der Waals surface area contributed by atoms with Crippen LogP contribution < -0.4 is 16.0 Å². The zero-order chi connectivity index (χ0) is 27.9. The SMILES string of the molecule is CC(C)c1cccc(C(C)C)c1NC(=O)NC(Cc1ccccc1)C(=O)Nc1nnc(-c2ccc(F)cc2)s1. The second-order valence-electron chi connectivity index (χ2n) is 9.87. The first-order chi connectivity index (χ1) is 18.7. The average Bonchev–Trinajstić information content (AvgIpc) is 3.37. The summed E-state index contributed by atoms with van der Waals surface area (Å²) in [6, 6.07) is 20.0. The standard InChI is InChI=1S/C30H32FN5O2S/c1-18(2)23-11-8-12-24(19(3)4)26(23)33-29(38)32-25(17-20-9-6-5-7-10-20)27(37)34-30-36-35-28(39-30)21-13-15-22(31)16-14-21/h5-16,18-19,25H,17H2,1-4H3,(H2,32,33,38)(H,34,36,37). The molecule has 0 aliphatic heterocycles. The van der Waals surface area contributed by atoms with Crippen LogP contribution in [0.1, 0.15) is 56.2 Å². The molecule has 9 heteroatoms. The number of benzene rings is 3. The Kier molecular flexibility index (Phi) is 9.03. The molecule has 1 aromatic heterocycles. The number of aromatic nitrogens is 2. The Labute approximate surface area is 231 Å². The molecule has 0 bridgehead atoms. The first kappa shape index (κ1) is 27.9. The summed E-state index contributed by atoms with van der Waals surface area (Å²) in [4.78, 5) is 26.7. The lowest BCUT2D eigenvalue weighted by Gasteiger charge is -2.22. The molecule has 202 valence electrons. The van der Waals surface area contributed by atoms with Crippen LogP contribution in [-0.2, 0) is 11.2 Å². The van der Waals surface area contributed by atoms with Crippen LogP contribution in [-0.4, -0.2) is 28.2 Å². The van der Waals surface area contributed by atoms with Crippen molar-refractivity contribution in [1.29, 1.82) is 0 Å². The van der Waals surface area contributed by atoms with Gasteiger partial charge in [0.25, 0.3) is 0 Å². The first-order valence-electron chi connectivity index (χ1n) is 12.9. The maximum Gasteiger partial charge on any atom is 0.319 e. The lowest BCUT2D eigenvalue weighted by molar-refractivity contribution is -0.117. The van der Waals surface area contributed by atoms with E-state index in [-0.39, 0.29) is 29.2 Å². The molecule has 1 heterocycles. The van der Waals surface area contributed by atoms with Crippen LogP contribution in [0.5, 0.6) is 0 Å². The third-order valence-electron chi connectivity index (χ3n) is 6.26. The number of nitrogens with one attached hydrogen (secondary N) is 3. The maximum absolute atomic E-state index is 13.4. The van der Waals surface area contributed by atoms with Crippen molar-refractivity contribution in [3.63, 3.8) is 0 Å². The van der Waals surface area contributed by atoms with Gasteiger partial charge in [-0.3, -0.25) is 10.1 Å². The highest BCUT2D eigenvalue weighted by molar-refractivity contribution is 7.18. The smallest absolute Gasteiger partial charge is 0.319 e. The van der Waals surface area contributed by atoms with Gasteiger partial charge in [-0.15, -0.1) is 10.2 Å². The summed E-state index contributed by atoms with van der Waals surface area (Å²) >= 11 is 1.17. The van der Waals surface area contributed by atoms with E-state index in [1.54, 1.807) is 12.1 Å². The van der Waals surface area contributed by atoms with Gasteiger partial charge < -0.3 is 10.6 Å². The molecule has 1 atom stereocenters. The van der Waals surface area contributed by atoms with Gasteiger partial charge in [0.1, 0.15) is 16.9 Å². The quantitative estimate of drug-likeness (QED) is 0.212. The van der Waals surface area contributed by atoms with E-state index >= 15 is 0 Å². The molecule has 0 saturated heterocycles. The van der Waals surface area contributed by atoms with Gasteiger partial charge in [-0.1, -0.05) is 87.6 Å². The number of hydrogen-bond donors (Lipinski definition) is 3. The molecule has 0 saturated carbocycles. The number of nitrogens with zero attached hydrogens (tertiary/aromatic N) is 2. The van der Waals surface area contributed by atoms with Crippen molar-refractivity contribution in [3.8, 4) is 10.6 Å². The summed E-state index contributed by atoms with van der Waals surface area (Å²) in [5, 5.41) is 17.7. The van der Waals surface area contributed by atoms with Crippen molar-refractivity contribution in [2.75, 3.05) is 10.6 Å². The van der Waals surface area contributed by atoms with Crippen LogP contribution >= 0.6 is 11.3 Å². The molecule has 3 N–H and O–H groups in total. The van der Waals surface area contributed by atoms with Gasteiger partial charge in [-0.05, 0) is 52.8 Å². The molecule has 4 aromatic rings. The van der Waals surface area contributed by atoms with Crippen molar-refractivity contribution < 1.29 is 14.0 Å². The molecule has 39 heavy (non-hydrogen) atoms. The Bertz CT molecular complexity index is 1390. The van der Waals surface area contributed by atoms with Crippen LogP contribution in [0.25, 0.3) is 10.6 Å². The molecule has 0 fully saturated rings. The minimum absolute atomic E-state index is 0.204. The van der Waals surface area contributed by atoms with Crippen molar-refractivity contribution in [1.82, 2.24) is 15.5 Å². The second-order valence-corrected chi connectivity index (χ2v) is 10.8. The zero-order valence-electron chi connectivity index (χ0n) is 22.4. The van der Waals surface area contributed by atoms with Gasteiger partial charge in [0.15, 0.2) is 0 Å². The topological polar surface area (TPSA) is 96.0 Å². The fraction of sp³-hybridized carbons (Fsp3) is 0.267. The number of amides is 3. The summed E-state index contributed by atoms with van der Waals surface area (Å²) in [6.07, 6.45) is 0.284. The van der Waals surface area contributed by atoms with Crippen molar-refractivity contribution in [2.45, 2.75) is 52.0 Å². The van der Waals surface area contributed by atoms with E-state index in [4.69, 9.17) is 0 Å². The van der Waals surface area contributed by atoms with Crippen molar-refractivity contribution in [3.05, 3.63) is 95.3 Å². The Morgan fingerprint density at radius 1 is 0.821 bits per heavy atom. The minimum atomic E-state index is -0.876. The summed E-state index contributed by atoms with van der Waals surface area (Å²) in [7, 11) is 0. The number of urea groups is 1. The largest absolute Gasteiger partial charge is 0.326 e. The summed E-state index contributed by atoms with van der Waals surface area (Å²) < 4.78 is 13.3. The first-order valence-corrected chi connectivity index (χ1v) is 13.7. The minimum Gasteiger partial charge on any atom is -0.326 e. The number of carbonyl (C=O) groups is 2. The van der Waals surface area contributed by atoms with Crippen LogP contribution in [0.2, 0.25) is 0 Å². The van der Waals surface area contributed by atoms with Gasteiger partial charge in [0.05, 0.1) is 0 Å². The summed E-state index contributed by atoms with van der Waals surface area (Å²) in [5.74, 6) is -0.358. The fourth-order valence-corrected chi connectivity index (χ4v) is 4.99. The number of rotatable bonds is 9. The lowest BCUT2D eigenvalue weighted by Crippen LogP contribution is -2.47. The maximum atomic E-state index is 13.4. The summed E-state index contributed by atoms with van der Waals surface area (Å²) in [5.41, 5.74) is 4.42. The van der Waals surface area contributed by atoms with E-state index in [9.17, 15) is 14.0 Å². The van der Waals surface area contributed by atoms with Gasteiger partial charge >= 0.3 is 6.03 Å². The second kappa shape index (κ2) is 12.6. The molecule has 0 radical (unpaired) electrons. The lowest BCUT2D eigenvalue weighted by atomic mass is 9.93. The third-order valence-corrected chi connectivity index (χ3v) is 7.15. The molecule has 7 nitrogen and oxygen atoms in total. The highest BCUT2D eigenvalue weighted by atomic mass is 32.1. The monoisotopic (exact) mass is 545 g/mol. The van der Waals surface area contributed by atoms with E-state index < -0.39 is 18.0 Å². The molecule has 3 amide bonds. The van der Waals surface area contributed by atoms with Gasteiger partial charge in [-0.25, -0.2) is 9.18 Å². The molecule has 0 spiro atoms. The summed E-state index contributed by atoms with van der Waals surface area (Å²) in [6.45, 7) is 8.32. The van der Waals surface area contributed by atoms with Gasteiger partial charge in [0, 0.05) is 17.7 Å². The van der Waals surface area contributed by atoms with Gasteiger partial charge in [0.2, 0.25) is 11.0 Å². The Morgan fingerprint density at radius 2 is 1.46 bits per heavy atom. The van der Waals surface area contributed by atoms with E-state index in [0.717, 1.165) is 22.4 Å². The van der Waals surface area contributed by atoms with Crippen molar-refractivity contribution in [2.24, 2.45) is 0 Å². The van der Waals surface area contributed by atoms with Crippen LogP contribution in [0.3, 0.4) is 0 Å². The average molecular weight is 546 g/mol. The predicted molar refractivity (Wildman–Crippen MR) is 155 cm³/mol. The number of carbonyl (C=O) groups excluding carboxylic acids is 2. The molecule has 1 unspecified atom stereocenters. The normalized spacial score (nSPS) is 11.9. The number of anilines is 2. The molecule has 0 aliphatic carbocycles. The predicted octanol–water partition coefficient (Wildman–Crippen LogP) is 6.96. The molecule has 3 aromatic carbocycles. The highest BCUT2D eigenvalue weighted by Gasteiger charge is 2.24. The molecule has 4 rings (SSSR count). The number of halogens is 1. The molecular weight excluding hydrogens is 513 g/mol. The fourth-order valence-electron chi connectivity index (χ4n) is 4.24. The highest BCUT2D eigenvalue weighted by Crippen LogP contribution is 2.32. The van der Waals surface area contributed by atoms with Crippen molar-refractivity contribution >= 4 is 34.1 Å². The van der Waals surface area contributed by atoms with E-state index in [1.807, 2.05) is 48.5 Å². The molecule has 0 aliphatic rings. The van der Waals surface area contributed by atoms with E-state index in [2.05, 4.69) is 53.8 Å². The zero-order valence-corrected chi connectivity index (χ0v) is 23.2. The molecular formula is C30H32FN5O2S. The Hall–Kier alpha value is -4.11. The van der Waals surface area contributed by atoms with Crippen LogP contribution in [0, 0.1) is 5.82 Å². The van der Waals surface area contributed by atoms with E-state index in [0.29, 0.717) is 10.6 Å². The van der Waals surface area contributed by atoms with E-state index in [1.165, 1.54) is 23.5 Å². The Balaban J connectivity index is 1.54.